The fourth-order valence-corrected chi connectivity index (χ4v) is 1.95. The Morgan fingerprint density at radius 1 is 1.32 bits per heavy atom. The van der Waals surface area contributed by atoms with E-state index in [1.165, 1.54) is 12.1 Å². The van der Waals surface area contributed by atoms with E-state index in [-0.39, 0.29) is 23.7 Å². The van der Waals surface area contributed by atoms with Gasteiger partial charge in [0.1, 0.15) is 18.3 Å². The summed E-state index contributed by atoms with van der Waals surface area (Å²) in [7, 11) is 1.16. The highest BCUT2D eigenvalue weighted by Crippen LogP contribution is 2.27. The van der Waals surface area contributed by atoms with Gasteiger partial charge in [-0.2, -0.15) is 0 Å². The highest BCUT2D eigenvalue weighted by molar-refractivity contribution is 5.97. The molecule has 0 saturated heterocycles. The smallest absolute Gasteiger partial charge is 0.326 e. The quantitative estimate of drug-likeness (QED) is 0.356. The van der Waals surface area contributed by atoms with Crippen LogP contribution in [0.25, 0.3) is 0 Å². The van der Waals surface area contributed by atoms with Crippen molar-refractivity contribution in [3.05, 3.63) is 33.9 Å². The van der Waals surface area contributed by atoms with Crippen LogP contribution in [0.15, 0.2) is 18.2 Å². The Hall–Kier alpha value is -3.17. The highest BCUT2D eigenvalue weighted by Gasteiger charge is 2.25. The maximum Gasteiger partial charge on any atom is 0.326 e. The fraction of sp³-hybridized carbons (Fsp3) is 0.400. The van der Waals surface area contributed by atoms with Gasteiger partial charge >= 0.3 is 11.9 Å². The molecular formula is C15H19N3O7. The third-order valence-corrected chi connectivity index (χ3v) is 3.32. The number of hydrogen-bond donors (Lipinski definition) is 3. The summed E-state index contributed by atoms with van der Waals surface area (Å²) in [5, 5.41) is 25.3. The number of carboxylic acid groups (broad SMARTS) is 1. The number of hydrogen-bond acceptors (Lipinski definition) is 7. The number of nitrogens with zero attached hydrogens (tertiary/aromatic N) is 1. The average molecular weight is 353 g/mol. The number of anilines is 1. The van der Waals surface area contributed by atoms with E-state index < -0.39 is 34.5 Å². The summed E-state index contributed by atoms with van der Waals surface area (Å²) in [5.74, 6) is -2.83. The Kier molecular flexibility index (Phi) is 6.85. The van der Waals surface area contributed by atoms with E-state index in [2.05, 4.69) is 15.4 Å². The van der Waals surface area contributed by atoms with E-state index in [1.54, 1.807) is 13.8 Å². The molecule has 1 atom stereocenters. The van der Waals surface area contributed by atoms with Crippen LogP contribution in [0.3, 0.4) is 0 Å². The first kappa shape index (κ1) is 19.9. The minimum Gasteiger partial charge on any atom is -0.480 e. The lowest BCUT2D eigenvalue weighted by Gasteiger charge is -2.19. The topological polar surface area (TPSA) is 148 Å². The third kappa shape index (κ3) is 5.44. The molecule has 25 heavy (non-hydrogen) atoms. The number of amides is 1. The number of carbonyl (C=O) groups is 3. The zero-order valence-electron chi connectivity index (χ0n) is 13.9. The second kappa shape index (κ2) is 8.62. The number of carboxylic acids is 1. The fourth-order valence-electron chi connectivity index (χ4n) is 1.95. The predicted octanol–water partition coefficient (Wildman–Crippen LogP) is 1.02. The molecule has 0 bridgehead atoms. The van der Waals surface area contributed by atoms with E-state index in [4.69, 9.17) is 0 Å². The first-order valence-corrected chi connectivity index (χ1v) is 7.30. The van der Waals surface area contributed by atoms with Crippen molar-refractivity contribution in [1.29, 1.82) is 0 Å². The summed E-state index contributed by atoms with van der Waals surface area (Å²) < 4.78 is 4.38. The number of ether oxygens (including phenoxy) is 1. The van der Waals surface area contributed by atoms with Gasteiger partial charge in [0.05, 0.1) is 12.0 Å². The van der Waals surface area contributed by atoms with Crippen molar-refractivity contribution in [2.24, 2.45) is 5.92 Å². The molecule has 0 unspecified atom stereocenters. The Morgan fingerprint density at radius 3 is 2.44 bits per heavy atom. The monoisotopic (exact) mass is 353 g/mol. The normalized spacial score (nSPS) is 11.5. The summed E-state index contributed by atoms with van der Waals surface area (Å²) >= 11 is 0. The zero-order chi connectivity index (χ0) is 19.1. The van der Waals surface area contributed by atoms with Crippen LogP contribution in [0.1, 0.15) is 24.2 Å². The largest absolute Gasteiger partial charge is 0.480 e. The van der Waals surface area contributed by atoms with E-state index in [9.17, 15) is 29.6 Å². The molecule has 0 aliphatic heterocycles. The SMILES string of the molecule is COC(=O)CNC(=O)c1ccc(N[C@H](C(=O)O)C(C)C)c([N+](=O)[O-])c1. The summed E-state index contributed by atoms with van der Waals surface area (Å²) in [6.45, 7) is 2.94. The standard InChI is InChI=1S/C15H19N3O7/c1-8(2)13(15(21)22)17-10-5-4-9(6-11(10)18(23)24)14(20)16-7-12(19)25-3/h4-6,8,13,17H,7H2,1-3H3,(H,16,20)(H,21,22)/t13-/m0/s1. The molecule has 0 spiro atoms. The molecule has 0 aromatic heterocycles. The van der Waals surface area contributed by atoms with Gasteiger partial charge in [-0.1, -0.05) is 13.8 Å². The molecule has 1 rings (SSSR count). The van der Waals surface area contributed by atoms with Gasteiger partial charge in [-0.05, 0) is 18.1 Å². The average Bonchev–Trinajstić information content (AvgIpc) is 2.56. The predicted molar refractivity (Wildman–Crippen MR) is 87.3 cm³/mol. The first-order chi connectivity index (χ1) is 11.7. The Labute approximate surface area is 143 Å². The van der Waals surface area contributed by atoms with Crippen molar-refractivity contribution < 1.29 is 29.2 Å². The van der Waals surface area contributed by atoms with Crippen LogP contribution in [0.4, 0.5) is 11.4 Å². The summed E-state index contributed by atoms with van der Waals surface area (Å²) in [6.07, 6.45) is 0. The van der Waals surface area contributed by atoms with Crippen LogP contribution in [0, 0.1) is 16.0 Å². The van der Waals surface area contributed by atoms with E-state index in [0.29, 0.717) is 0 Å². The molecule has 0 aliphatic rings. The van der Waals surface area contributed by atoms with Gasteiger partial charge in [0.2, 0.25) is 0 Å². The number of carbonyl (C=O) groups excluding carboxylic acids is 2. The molecule has 0 radical (unpaired) electrons. The van der Waals surface area contributed by atoms with Crippen molar-refractivity contribution in [2.45, 2.75) is 19.9 Å². The van der Waals surface area contributed by atoms with E-state index >= 15 is 0 Å². The van der Waals surface area contributed by atoms with Gasteiger partial charge in [-0.3, -0.25) is 19.7 Å². The maximum atomic E-state index is 11.9. The van der Waals surface area contributed by atoms with E-state index in [1.807, 2.05) is 0 Å². The van der Waals surface area contributed by atoms with Crippen LogP contribution in [0.2, 0.25) is 0 Å². The van der Waals surface area contributed by atoms with Crippen molar-refractivity contribution in [3.8, 4) is 0 Å². The number of nitrogens with one attached hydrogen (secondary N) is 2. The second-order valence-electron chi connectivity index (χ2n) is 5.45. The maximum absolute atomic E-state index is 11.9. The number of methoxy groups -OCH3 is 1. The number of rotatable bonds is 8. The van der Waals surface area contributed by atoms with Gasteiger partial charge in [-0.15, -0.1) is 0 Å². The van der Waals surface area contributed by atoms with E-state index in [0.717, 1.165) is 13.2 Å². The number of esters is 1. The van der Waals surface area contributed by atoms with Gasteiger partial charge in [0.15, 0.2) is 0 Å². The lowest BCUT2D eigenvalue weighted by molar-refractivity contribution is -0.384. The molecule has 136 valence electrons. The molecule has 10 heteroatoms. The minimum absolute atomic E-state index is 0.0179. The Bertz CT molecular complexity index is 688. The van der Waals surface area contributed by atoms with Gasteiger partial charge < -0.3 is 20.5 Å². The number of nitro groups is 1. The molecule has 0 aliphatic carbocycles. The van der Waals surface area contributed by atoms with Crippen LogP contribution in [0.5, 0.6) is 0 Å². The first-order valence-electron chi connectivity index (χ1n) is 7.30. The van der Waals surface area contributed by atoms with Crippen molar-refractivity contribution >= 4 is 29.2 Å². The molecule has 1 amide bonds. The van der Waals surface area contributed by atoms with Crippen molar-refractivity contribution in [2.75, 3.05) is 19.0 Å². The third-order valence-electron chi connectivity index (χ3n) is 3.32. The summed E-state index contributed by atoms with van der Waals surface area (Å²) in [5.41, 5.74) is -0.509. The van der Waals surface area contributed by atoms with Crippen LogP contribution >= 0.6 is 0 Å². The Balaban J connectivity index is 3.07. The number of aliphatic carboxylic acids is 1. The lowest BCUT2D eigenvalue weighted by atomic mass is 10.0. The molecule has 0 saturated carbocycles. The van der Waals surface area contributed by atoms with Gasteiger partial charge in [-0.25, -0.2) is 4.79 Å². The van der Waals surface area contributed by atoms with Gasteiger partial charge in [0, 0.05) is 11.6 Å². The highest BCUT2D eigenvalue weighted by atomic mass is 16.6. The van der Waals surface area contributed by atoms with Crippen molar-refractivity contribution in [1.82, 2.24) is 5.32 Å². The lowest BCUT2D eigenvalue weighted by Crippen LogP contribution is -2.34. The molecular weight excluding hydrogens is 334 g/mol. The minimum atomic E-state index is -1.15. The molecule has 1 aromatic rings. The molecule has 10 nitrogen and oxygen atoms in total. The molecule has 0 heterocycles. The number of benzene rings is 1. The molecule has 0 fully saturated rings. The van der Waals surface area contributed by atoms with Crippen LogP contribution in [-0.4, -0.2) is 47.6 Å². The second-order valence-corrected chi connectivity index (χ2v) is 5.45. The summed E-state index contributed by atoms with van der Waals surface area (Å²) in [6, 6.07) is 2.52. The van der Waals surface area contributed by atoms with Crippen molar-refractivity contribution in [3.63, 3.8) is 0 Å². The number of nitro benzene ring substituents is 1. The molecule has 3 N–H and O–H groups in total. The molecule has 1 aromatic carbocycles. The van der Waals surface area contributed by atoms with Gasteiger partial charge in [0.25, 0.3) is 11.6 Å². The Morgan fingerprint density at radius 2 is 1.96 bits per heavy atom. The summed E-state index contributed by atoms with van der Waals surface area (Å²) in [4.78, 5) is 44.7. The van der Waals surface area contributed by atoms with Crippen LogP contribution in [-0.2, 0) is 14.3 Å². The zero-order valence-corrected chi connectivity index (χ0v) is 13.9. The van der Waals surface area contributed by atoms with Crippen LogP contribution < -0.4 is 10.6 Å².